The van der Waals surface area contributed by atoms with Gasteiger partial charge >= 0.3 is 0 Å². The first-order chi connectivity index (χ1) is 9.34. The monoisotopic (exact) mass is 297 g/mol. The fourth-order valence-corrected chi connectivity index (χ4v) is 3.28. The minimum atomic E-state index is -3.11. The maximum Gasteiger partial charge on any atom is 0.175 e. The third kappa shape index (κ3) is 4.28. The molecule has 5 nitrogen and oxygen atoms in total. The van der Waals surface area contributed by atoms with Crippen molar-refractivity contribution in [2.45, 2.75) is 29.8 Å². The molecule has 0 radical (unpaired) electrons. The fraction of sp³-hybridized carbons (Fsp3) is 0.571. The van der Waals surface area contributed by atoms with Gasteiger partial charge in [0, 0.05) is 38.0 Å². The second kappa shape index (κ2) is 6.22. The van der Waals surface area contributed by atoms with Gasteiger partial charge in [0.15, 0.2) is 9.84 Å². The van der Waals surface area contributed by atoms with E-state index >= 15 is 0 Å². The Morgan fingerprint density at radius 1 is 1.15 bits per heavy atom. The van der Waals surface area contributed by atoms with Crippen molar-refractivity contribution in [3.8, 4) is 0 Å². The van der Waals surface area contributed by atoms with Crippen molar-refractivity contribution in [2.75, 3.05) is 25.9 Å². The van der Waals surface area contributed by atoms with Crippen LogP contribution >= 0.6 is 0 Å². The van der Waals surface area contributed by atoms with Crippen LogP contribution in [-0.4, -0.2) is 51.3 Å². The summed E-state index contributed by atoms with van der Waals surface area (Å²) in [6.45, 7) is 2.67. The summed E-state index contributed by atoms with van der Waals surface area (Å²) in [6, 6.07) is 7.40. The van der Waals surface area contributed by atoms with Crippen molar-refractivity contribution in [2.24, 2.45) is 11.5 Å². The summed E-state index contributed by atoms with van der Waals surface area (Å²) in [4.78, 5) is 2.65. The molecule has 2 rings (SSSR count). The Balaban J connectivity index is 1.91. The Hall–Kier alpha value is -0.950. The molecule has 1 aromatic rings. The van der Waals surface area contributed by atoms with Crippen LogP contribution < -0.4 is 11.5 Å². The van der Waals surface area contributed by atoms with Crippen molar-refractivity contribution >= 4 is 9.84 Å². The van der Waals surface area contributed by atoms with Gasteiger partial charge in [-0.2, -0.15) is 0 Å². The average molecular weight is 297 g/mol. The zero-order valence-corrected chi connectivity index (χ0v) is 12.6. The third-order valence-corrected chi connectivity index (χ3v) is 4.79. The topological polar surface area (TPSA) is 89.4 Å². The molecule has 1 aromatic carbocycles. The Morgan fingerprint density at radius 2 is 1.70 bits per heavy atom. The van der Waals surface area contributed by atoms with Gasteiger partial charge in [-0.1, -0.05) is 12.1 Å². The molecule has 1 saturated heterocycles. The van der Waals surface area contributed by atoms with Gasteiger partial charge in [0.2, 0.25) is 0 Å². The van der Waals surface area contributed by atoms with Crippen molar-refractivity contribution < 1.29 is 8.42 Å². The van der Waals surface area contributed by atoms with Crippen LogP contribution in [0.4, 0.5) is 0 Å². The van der Waals surface area contributed by atoms with E-state index in [1.807, 2.05) is 12.1 Å². The number of hydrogen-bond donors (Lipinski definition) is 2. The maximum atomic E-state index is 11.4. The molecule has 0 spiro atoms. The quantitative estimate of drug-likeness (QED) is 0.816. The van der Waals surface area contributed by atoms with Crippen LogP contribution in [0.1, 0.15) is 12.0 Å². The highest BCUT2D eigenvalue weighted by Gasteiger charge is 2.21. The van der Waals surface area contributed by atoms with Crippen LogP contribution in [0.5, 0.6) is 0 Å². The van der Waals surface area contributed by atoms with Crippen LogP contribution in [0.2, 0.25) is 0 Å². The summed E-state index contributed by atoms with van der Waals surface area (Å²) < 4.78 is 22.8. The lowest BCUT2D eigenvalue weighted by atomic mass is 10.0. The van der Waals surface area contributed by atoms with E-state index < -0.39 is 9.84 Å². The van der Waals surface area contributed by atoms with Crippen molar-refractivity contribution in [3.63, 3.8) is 0 Å². The van der Waals surface area contributed by atoms with Crippen LogP contribution in [0.25, 0.3) is 0 Å². The van der Waals surface area contributed by atoms with Gasteiger partial charge in [-0.05, 0) is 30.5 Å². The summed E-state index contributed by atoms with van der Waals surface area (Å²) in [7, 11) is -3.11. The zero-order valence-electron chi connectivity index (χ0n) is 11.8. The van der Waals surface area contributed by atoms with Gasteiger partial charge in [0.25, 0.3) is 0 Å². The van der Waals surface area contributed by atoms with E-state index in [1.54, 1.807) is 12.1 Å². The van der Waals surface area contributed by atoms with Crippen molar-refractivity contribution in [1.82, 2.24) is 4.90 Å². The Kier molecular flexibility index (Phi) is 4.80. The number of nitrogens with zero attached hydrogens (tertiary/aromatic N) is 1. The van der Waals surface area contributed by atoms with Gasteiger partial charge in [0.05, 0.1) is 4.90 Å². The molecule has 0 aliphatic carbocycles. The predicted molar refractivity (Wildman–Crippen MR) is 80.3 cm³/mol. The van der Waals surface area contributed by atoms with Gasteiger partial charge in [0.1, 0.15) is 0 Å². The van der Waals surface area contributed by atoms with Crippen LogP contribution in [0.15, 0.2) is 29.2 Å². The summed E-state index contributed by atoms with van der Waals surface area (Å²) in [5.41, 5.74) is 13.1. The molecule has 112 valence electrons. The number of hydrogen-bond acceptors (Lipinski definition) is 5. The molecule has 0 amide bonds. The minimum absolute atomic E-state index is 0.159. The highest BCUT2D eigenvalue weighted by Crippen LogP contribution is 2.12. The zero-order chi connectivity index (χ0) is 14.8. The van der Waals surface area contributed by atoms with Crippen molar-refractivity contribution in [3.05, 3.63) is 29.8 Å². The molecule has 2 unspecified atom stereocenters. The molecule has 0 aromatic heterocycles. The standard InChI is InChI=1S/C14H23N3O2S/c1-20(18,19)14-4-2-11(3-5-14)6-7-17-9-12(15)8-13(16)10-17/h2-5,12-13H,6-10,15-16H2,1H3. The van der Waals surface area contributed by atoms with E-state index in [1.165, 1.54) is 6.26 Å². The molecular formula is C14H23N3O2S. The molecule has 1 heterocycles. The molecular weight excluding hydrogens is 274 g/mol. The highest BCUT2D eigenvalue weighted by atomic mass is 32.2. The summed E-state index contributed by atoms with van der Waals surface area (Å²) in [5, 5.41) is 0. The summed E-state index contributed by atoms with van der Waals surface area (Å²) >= 11 is 0. The lowest BCUT2D eigenvalue weighted by Gasteiger charge is -2.34. The molecule has 0 saturated carbocycles. The van der Waals surface area contributed by atoms with Crippen LogP contribution in [0, 0.1) is 0 Å². The van der Waals surface area contributed by atoms with E-state index in [4.69, 9.17) is 11.5 Å². The van der Waals surface area contributed by atoms with E-state index in [0.29, 0.717) is 4.90 Å². The predicted octanol–water partition coefficient (Wildman–Crippen LogP) is -0.00710. The van der Waals surface area contributed by atoms with E-state index in [9.17, 15) is 8.42 Å². The molecule has 1 aliphatic rings. The molecule has 0 bridgehead atoms. The second-order valence-electron chi connectivity index (χ2n) is 5.68. The number of rotatable bonds is 4. The highest BCUT2D eigenvalue weighted by molar-refractivity contribution is 7.90. The Morgan fingerprint density at radius 3 is 2.20 bits per heavy atom. The van der Waals surface area contributed by atoms with E-state index in [2.05, 4.69) is 4.90 Å². The smallest absolute Gasteiger partial charge is 0.175 e. The van der Waals surface area contributed by atoms with Crippen LogP contribution in [0.3, 0.4) is 0 Å². The normalized spacial score (nSPS) is 24.8. The lowest BCUT2D eigenvalue weighted by molar-refractivity contribution is 0.192. The SMILES string of the molecule is CS(=O)(=O)c1ccc(CCN2CC(N)CC(N)C2)cc1. The molecule has 2 atom stereocenters. The van der Waals surface area contributed by atoms with E-state index in [0.717, 1.165) is 38.0 Å². The van der Waals surface area contributed by atoms with Gasteiger partial charge in [-0.25, -0.2) is 8.42 Å². The Bertz CT molecular complexity index is 532. The van der Waals surface area contributed by atoms with E-state index in [-0.39, 0.29) is 12.1 Å². The number of likely N-dealkylation sites (tertiary alicyclic amines) is 1. The Labute approximate surface area is 120 Å². The lowest BCUT2D eigenvalue weighted by Crippen LogP contribution is -2.52. The first-order valence-electron chi connectivity index (χ1n) is 6.87. The van der Waals surface area contributed by atoms with Crippen LogP contribution in [-0.2, 0) is 16.3 Å². The molecule has 1 fully saturated rings. The summed E-state index contributed by atoms with van der Waals surface area (Å²) in [6.07, 6.45) is 2.99. The van der Waals surface area contributed by atoms with Gasteiger partial charge < -0.3 is 11.5 Å². The van der Waals surface area contributed by atoms with Gasteiger partial charge in [-0.3, -0.25) is 4.90 Å². The summed E-state index contributed by atoms with van der Waals surface area (Å²) in [5.74, 6) is 0. The number of nitrogens with two attached hydrogens (primary N) is 2. The second-order valence-corrected chi connectivity index (χ2v) is 7.70. The van der Waals surface area contributed by atoms with Crippen molar-refractivity contribution in [1.29, 1.82) is 0 Å². The fourth-order valence-electron chi connectivity index (χ4n) is 2.65. The number of benzene rings is 1. The molecule has 4 N–H and O–H groups in total. The number of piperidine rings is 1. The molecule has 20 heavy (non-hydrogen) atoms. The maximum absolute atomic E-state index is 11.4. The minimum Gasteiger partial charge on any atom is -0.326 e. The average Bonchev–Trinajstić information content (AvgIpc) is 2.35. The molecule has 1 aliphatic heterocycles. The first kappa shape index (κ1) is 15.4. The first-order valence-corrected chi connectivity index (χ1v) is 8.76. The largest absolute Gasteiger partial charge is 0.326 e. The number of sulfone groups is 1. The molecule has 6 heteroatoms. The van der Waals surface area contributed by atoms with Gasteiger partial charge in [-0.15, -0.1) is 0 Å². The third-order valence-electron chi connectivity index (χ3n) is 3.66.